The highest BCUT2D eigenvalue weighted by molar-refractivity contribution is 8.00. The molecule has 0 bridgehead atoms. The lowest BCUT2D eigenvalue weighted by molar-refractivity contribution is -0.141. The van der Waals surface area contributed by atoms with Crippen molar-refractivity contribution in [1.29, 1.82) is 0 Å². The summed E-state index contributed by atoms with van der Waals surface area (Å²) in [7, 11) is 1.42. The van der Waals surface area contributed by atoms with Crippen LogP contribution in [-0.2, 0) is 14.4 Å². The molecule has 0 aliphatic rings. The van der Waals surface area contributed by atoms with E-state index in [4.69, 9.17) is 4.74 Å². The molecule has 1 unspecified atom stereocenters. The molecule has 0 aliphatic carbocycles. The normalized spacial score (nSPS) is 13.7. The third kappa shape index (κ3) is 2.88. The minimum absolute atomic E-state index is 0.233. The predicted molar refractivity (Wildman–Crippen MR) is 80.5 cm³/mol. The van der Waals surface area contributed by atoms with Gasteiger partial charge in [-0.2, -0.15) is 0 Å². The summed E-state index contributed by atoms with van der Waals surface area (Å²) in [5.41, 5.74) is 1.07. The largest absolute Gasteiger partial charge is 0.469 e. The Hall–Kier alpha value is -1.75. The molecule has 2 aromatic rings. The summed E-state index contributed by atoms with van der Waals surface area (Å²) in [5, 5.41) is 0. The molecule has 1 aromatic heterocycles. The molecule has 0 aliphatic heterocycles. The minimum atomic E-state index is -0.514. The standard InChI is InChI=1S/C15H18N2O2S/c1-3-20-15(11-14(18)19-2,17-10-9-16-12-17)13-7-5-4-6-8-13/h4-10,12H,3,11H2,1-2H3. The Morgan fingerprint density at radius 1 is 1.40 bits per heavy atom. The smallest absolute Gasteiger partial charge is 0.309 e. The molecule has 0 saturated heterocycles. The highest BCUT2D eigenvalue weighted by Gasteiger charge is 2.37. The van der Waals surface area contributed by atoms with Crippen molar-refractivity contribution in [2.75, 3.05) is 12.9 Å². The Bertz CT molecular complexity index is 542. The van der Waals surface area contributed by atoms with E-state index in [1.165, 1.54) is 7.11 Å². The van der Waals surface area contributed by atoms with Crippen LogP contribution in [0.3, 0.4) is 0 Å². The summed E-state index contributed by atoms with van der Waals surface area (Å²) >= 11 is 1.70. The van der Waals surface area contributed by atoms with E-state index in [0.29, 0.717) is 0 Å². The summed E-state index contributed by atoms with van der Waals surface area (Å²) in [6.07, 6.45) is 5.63. The molecule has 0 saturated carbocycles. The summed E-state index contributed by atoms with van der Waals surface area (Å²) in [6.45, 7) is 2.08. The maximum absolute atomic E-state index is 11.9. The van der Waals surface area contributed by atoms with Crippen molar-refractivity contribution in [1.82, 2.24) is 9.55 Å². The average molecular weight is 290 g/mol. The number of rotatable bonds is 6. The number of nitrogens with zero attached hydrogens (tertiary/aromatic N) is 2. The number of ether oxygens (including phenoxy) is 1. The van der Waals surface area contributed by atoms with E-state index in [9.17, 15) is 4.79 Å². The van der Waals surface area contributed by atoms with Crippen LogP contribution in [0.15, 0.2) is 49.1 Å². The molecule has 1 heterocycles. The quantitative estimate of drug-likeness (QED) is 0.767. The van der Waals surface area contributed by atoms with Gasteiger partial charge in [-0.1, -0.05) is 37.3 Å². The molecule has 4 nitrogen and oxygen atoms in total. The van der Waals surface area contributed by atoms with Gasteiger partial charge in [0.05, 0.1) is 19.9 Å². The maximum Gasteiger partial charge on any atom is 0.309 e. The van der Waals surface area contributed by atoms with Crippen LogP contribution >= 0.6 is 11.8 Å². The molecule has 2 rings (SSSR count). The average Bonchev–Trinajstić information content (AvgIpc) is 3.02. The fraction of sp³-hybridized carbons (Fsp3) is 0.333. The van der Waals surface area contributed by atoms with Crippen LogP contribution in [0.5, 0.6) is 0 Å². The van der Waals surface area contributed by atoms with Gasteiger partial charge in [0.15, 0.2) is 0 Å². The highest BCUT2D eigenvalue weighted by Crippen LogP contribution is 2.41. The van der Waals surface area contributed by atoms with Crippen molar-refractivity contribution in [2.45, 2.75) is 18.2 Å². The molecule has 0 fully saturated rings. The number of methoxy groups -OCH3 is 1. The lowest BCUT2D eigenvalue weighted by Crippen LogP contribution is -2.34. The van der Waals surface area contributed by atoms with E-state index in [2.05, 4.69) is 11.9 Å². The summed E-state index contributed by atoms with van der Waals surface area (Å²) in [6, 6.07) is 10.00. The van der Waals surface area contributed by atoms with Gasteiger partial charge in [-0.15, -0.1) is 11.8 Å². The van der Waals surface area contributed by atoms with Gasteiger partial charge < -0.3 is 9.30 Å². The Kier molecular flexibility index (Phi) is 4.84. The predicted octanol–water partition coefficient (Wildman–Crippen LogP) is 2.90. The van der Waals surface area contributed by atoms with E-state index >= 15 is 0 Å². The van der Waals surface area contributed by atoms with Crippen molar-refractivity contribution in [3.63, 3.8) is 0 Å². The minimum Gasteiger partial charge on any atom is -0.469 e. The van der Waals surface area contributed by atoms with E-state index < -0.39 is 4.87 Å². The van der Waals surface area contributed by atoms with Crippen LogP contribution in [0.2, 0.25) is 0 Å². The van der Waals surface area contributed by atoms with Crippen LogP contribution in [0.4, 0.5) is 0 Å². The molecule has 1 atom stereocenters. The number of imidazole rings is 1. The second-order valence-electron chi connectivity index (χ2n) is 4.31. The van der Waals surface area contributed by atoms with Crippen LogP contribution in [0.25, 0.3) is 0 Å². The van der Waals surface area contributed by atoms with Gasteiger partial charge in [0.1, 0.15) is 4.87 Å². The van der Waals surface area contributed by atoms with Crippen molar-refractivity contribution >= 4 is 17.7 Å². The lowest BCUT2D eigenvalue weighted by atomic mass is 10.0. The van der Waals surface area contributed by atoms with Gasteiger partial charge in [0.25, 0.3) is 0 Å². The van der Waals surface area contributed by atoms with Crippen molar-refractivity contribution in [3.8, 4) is 0 Å². The SMILES string of the molecule is CCSC(CC(=O)OC)(c1ccccc1)n1ccnc1. The molecule has 5 heteroatoms. The number of thioether (sulfide) groups is 1. The molecule has 20 heavy (non-hydrogen) atoms. The number of hydrogen-bond acceptors (Lipinski definition) is 4. The van der Waals surface area contributed by atoms with Crippen LogP contribution < -0.4 is 0 Å². The number of benzene rings is 1. The first-order valence-electron chi connectivity index (χ1n) is 6.47. The summed E-state index contributed by atoms with van der Waals surface area (Å²) in [5.74, 6) is 0.646. The molecular formula is C15H18N2O2S. The number of carbonyl (C=O) groups is 1. The molecular weight excluding hydrogens is 272 g/mol. The molecule has 0 spiro atoms. The zero-order valence-electron chi connectivity index (χ0n) is 11.7. The first-order valence-corrected chi connectivity index (χ1v) is 7.46. The van der Waals surface area contributed by atoms with Crippen molar-refractivity contribution in [2.24, 2.45) is 0 Å². The van der Waals surface area contributed by atoms with Gasteiger partial charge in [-0.3, -0.25) is 4.79 Å². The maximum atomic E-state index is 11.9. The van der Waals surface area contributed by atoms with Crippen molar-refractivity contribution in [3.05, 3.63) is 54.6 Å². The zero-order chi connectivity index (χ0) is 14.4. The Labute approximate surface area is 123 Å². The monoisotopic (exact) mass is 290 g/mol. The van der Waals surface area contributed by atoms with Gasteiger partial charge in [-0.05, 0) is 11.3 Å². The summed E-state index contributed by atoms with van der Waals surface area (Å²) < 4.78 is 6.87. The summed E-state index contributed by atoms with van der Waals surface area (Å²) in [4.78, 5) is 15.5. The topological polar surface area (TPSA) is 44.1 Å². The van der Waals surface area contributed by atoms with Crippen molar-refractivity contribution < 1.29 is 9.53 Å². The van der Waals surface area contributed by atoms with E-state index in [1.807, 2.05) is 41.1 Å². The van der Waals surface area contributed by atoms with E-state index in [1.54, 1.807) is 24.3 Å². The third-order valence-electron chi connectivity index (χ3n) is 3.14. The fourth-order valence-electron chi connectivity index (χ4n) is 2.23. The number of carbonyl (C=O) groups excluding carboxylic acids is 1. The molecule has 1 aromatic carbocycles. The lowest BCUT2D eigenvalue weighted by Gasteiger charge is -2.34. The second-order valence-corrected chi connectivity index (χ2v) is 5.85. The molecule has 0 radical (unpaired) electrons. The van der Waals surface area contributed by atoms with Crippen LogP contribution in [0, 0.1) is 0 Å². The molecule has 0 N–H and O–H groups in total. The van der Waals surface area contributed by atoms with E-state index in [-0.39, 0.29) is 12.4 Å². The van der Waals surface area contributed by atoms with Gasteiger partial charge >= 0.3 is 5.97 Å². The Morgan fingerprint density at radius 2 is 2.15 bits per heavy atom. The van der Waals surface area contributed by atoms with Gasteiger partial charge in [0.2, 0.25) is 0 Å². The van der Waals surface area contributed by atoms with Crippen LogP contribution in [0.1, 0.15) is 18.9 Å². The van der Waals surface area contributed by atoms with Crippen LogP contribution in [-0.4, -0.2) is 28.4 Å². The van der Waals surface area contributed by atoms with Gasteiger partial charge in [-0.25, -0.2) is 4.98 Å². The first-order chi connectivity index (χ1) is 9.73. The second kappa shape index (κ2) is 6.61. The Balaban J connectivity index is 2.52. The first kappa shape index (κ1) is 14.7. The number of aromatic nitrogens is 2. The molecule has 0 amide bonds. The van der Waals surface area contributed by atoms with E-state index in [0.717, 1.165) is 11.3 Å². The number of esters is 1. The fourth-order valence-corrected chi connectivity index (χ4v) is 3.49. The van der Waals surface area contributed by atoms with Gasteiger partial charge in [0, 0.05) is 12.4 Å². The highest BCUT2D eigenvalue weighted by atomic mass is 32.2. The molecule has 106 valence electrons. The third-order valence-corrected chi connectivity index (χ3v) is 4.50. The zero-order valence-corrected chi connectivity index (χ0v) is 12.5. The number of hydrogen-bond donors (Lipinski definition) is 0. The Morgan fingerprint density at radius 3 is 2.70 bits per heavy atom.